The van der Waals surface area contributed by atoms with Gasteiger partial charge in [-0.2, -0.15) is 0 Å². The molecule has 0 aliphatic heterocycles. The molecule has 0 saturated heterocycles. The lowest BCUT2D eigenvalue weighted by molar-refractivity contribution is 0.0698. The summed E-state index contributed by atoms with van der Waals surface area (Å²) in [4.78, 5) is 27.9. The van der Waals surface area contributed by atoms with Crippen LogP contribution >= 0.6 is 11.3 Å². The maximum absolute atomic E-state index is 11.9. The Morgan fingerprint density at radius 2 is 2.26 bits per heavy atom. The van der Waals surface area contributed by atoms with Gasteiger partial charge < -0.3 is 15.0 Å². The summed E-state index contributed by atoms with van der Waals surface area (Å²) in [7, 11) is 1.76. The molecule has 0 bridgehead atoms. The van der Waals surface area contributed by atoms with Gasteiger partial charge in [-0.05, 0) is 12.5 Å². The molecule has 0 spiro atoms. The molecule has 100 valence electrons. The highest BCUT2D eigenvalue weighted by molar-refractivity contribution is 7.16. The van der Waals surface area contributed by atoms with Gasteiger partial charge >= 0.3 is 5.97 Å². The molecule has 0 unspecified atom stereocenters. The molecule has 1 amide bonds. The second-order valence-corrected chi connectivity index (χ2v) is 5.13. The molecule has 0 aliphatic carbocycles. The van der Waals surface area contributed by atoms with Crippen molar-refractivity contribution in [3.05, 3.63) is 34.7 Å². The second kappa shape index (κ2) is 5.23. The molecule has 0 saturated carbocycles. The number of thiophene rings is 1. The van der Waals surface area contributed by atoms with E-state index in [4.69, 9.17) is 5.11 Å². The van der Waals surface area contributed by atoms with Crippen molar-refractivity contribution in [1.29, 1.82) is 0 Å². The zero-order chi connectivity index (χ0) is 14.0. The lowest BCUT2D eigenvalue weighted by Crippen LogP contribution is -2.13. The van der Waals surface area contributed by atoms with Crippen molar-refractivity contribution >= 4 is 28.2 Å². The first-order valence-electron chi connectivity index (χ1n) is 5.66. The van der Waals surface area contributed by atoms with Crippen LogP contribution in [0.2, 0.25) is 0 Å². The number of amides is 1. The third kappa shape index (κ3) is 2.82. The van der Waals surface area contributed by atoms with Gasteiger partial charge in [0.2, 0.25) is 0 Å². The molecule has 7 heteroatoms. The van der Waals surface area contributed by atoms with Gasteiger partial charge in [0.05, 0.1) is 11.9 Å². The van der Waals surface area contributed by atoms with Gasteiger partial charge in [-0.15, -0.1) is 11.3 Å². The van der Waals surface area contributed by atoms with E-state index in [1.807, 2.05) is 6.92 Å². The van der Waals surface area contributed by atoms with E-state index in [1.165, 1.54) is 17.7 Å². The minimum Gasteiger partial charge on any atom is -0.478 e. The molecule has 0 atom stereocenters. The average molecular weight is 279 g/mol. The normalized spacial score (nSPS) is 10.4. The first kappa shape index (κ1) is 13.3. The number of aromatic carboxylic acids is 1. The predicted octanol–water partition coefficient (Wildman–Crippen LogP) is 1.99. The van der Waals surface area contributed by atoms with Gasteiger partial charge in [-0.3, -0.25) is 4.79 Å². The van der Waals surface area contributed by atoms with Crippen molar-refractivity contribution in [3.8, 4) is 0 Å². The number of carboxylic acid groups (broad SMARTS) is 1. The molecule has 2 heterocycles. The fraction of sp³-hybridized carbons (Fsp3) is 0.250. The summed E-state index contributed by atoms with van der Waals surface area (Å²) in [5.41, 5.74) is 0.372. The van der Waals surface area contributed by atoms with Crippen molar-refractivity contribution in [1.82, 2.24) is 9.55 Å². The molecular formula is C12H13N3O3S. The molecule has 0 radical (unpaired) electrons. The Kier molecular flexibility index (Phi) is 3.66. The summed E-state index contributed by atoms with van der Waals surface area (Å²) < 4.78 is 1.65. The number of nitrogens with zero attached hydrogens (tertiary/aromatic N) is 2. The third-order valence-corrected chi connectivity index (χ3v) is 3.72. The molecule has 6 nitrogen and oxygen atoms in total. The lowest BCUT2D eigenvalue weighted by atomic mass is 10.2. The van der Waals surface area contributed by atoms with Crippen LogP contribution in [-0.2, 0) is 13.5 Å². The number of nitrogens with one attached hydrogen (secondary N) is 1. The minimum absolute atomic E-state index is 0.117. The Bertz CT molecular complexity index is 630. The summed E-state index contributed by atoms with van der Waals surface area (Å²) in [6.07, 6.45) is 3.81. The number of aryl methyl sites for hydroxylation is 2. The highest BCUT2D eigenvalue weighted by Gasteiger charge is 2.18. The quantitative estimate of drug-likeness (QED) is 0.896. The Balaban J connectivity index is 2.25. The molecule has 0 aliphatic rings. The molecule has 19 heavy (non-hydrogen) atoms. The van der Waals surface area contributed by atoms with Crippen LogP contribution in [0.1, 0.15) is 32.6 Å². The first-order valence-corrected chi connectivity index (χ1v) is 6.48. The van der Waals surface area contributed by atoms with Crippen LogP contribution in [0.5, 0.6) is 0 Å². The van der Waals surface area contributed by atoms with Gasteiger partial charge in [-0.1, -0.05) is 6.92 Å². The smallest absolute Gasteiger partial charge is 0.338 e. The number of carbonyl (C=O) groups excluding carboxylic acids is 1. The van der Waals surface area contributed by atoms with Crippen LogP contribution < -0.4 is 5.32 Å². The topological polar surface area (TPSA) is 84.2 Å². The number of hydrogen-bond acceptors (Lipinski definition) is 4. The summed E-state index contributed by atoms with van der Waals surface area (Å²) in [5, 5.41) is 12.0. The van der Waals surface area contributed by atoms with E-state index in [9.17, 15) is 9.59 Å². The fourth-order valence-electron chi connectivity index (χ4n) is 1.57. The van der Waals surface area contributed by atoms with Crippen LogP contribution in [0, 0.1) is 0 Å². The molecule has 0 aromatic carbocycles. The number of hydrogen-bond donors (Lipinski definition) is 2. The number of carbonyl (C=O) groups is 2. The summed E-state index contributed by atoms with van der Waals surface area (Å²) in [6.45, 7) is 1.93. The Morgan fingerprint density at radius 1 is 1.53 bits per heavy atom. The van der Waals surface area contributed by atoms with Crippen LogP contribution in [0.15, 0.2) is 18.6 Å². The van der Waals surface area contributed by atoms with Gasteiger partial charge in [-0.25, -0.2) is 9.78 Å². The lowest BCUT2D eigenvalue weighted by Gasteiger charge is -2.01. The maximum atomic E-state index is 11.9. The Hall–Kier alpha value is -2.15. The van der Waals surface area contributed by atoms with Crippen molar-refractivity contribution in [3.63, 3.8) is 0 Å². The molecule has 0 fully saturated rings. The highest BCUT2D eigenvalue weighted by Crippen LogP contribution is 2.28. The van der Waals surface area contributed by atoms with Crippen molar-refractivity contribution < 1.29 is 14.7 Å². The van der Waals surface area contributed by atoms with Gasteiger partial charge in [0.25, 0.3) is 5.91 Å². The van der Waals surface area contributed by atoms with E-state index in [2.05, 4.69) is 10.3 Å². The highest BCUT2D eigenvalue weighted by atomic mass is 32.1. The number of aromatic nitrogens is 2. The van der Waals surface area contributed by atoms with Crippen LogP contribution in [0.4, 0.5) is 5.00 Å². The van der Waals surface area contributed by atoms with Gasteiger partial charge in [0.15, 0.2) is 0 Å². The zero-order valence-electron chi connectivity index (χ0n) is 10.5. The third-order valence-electron chi connectivity index (χ3n) is 2.53. The van der Waals surface area contributed by atoms with E-state index in [0.717, 1.165) is 11.3 Å². The van der Waals surface area contributed by atoms with E-state index in [0.29, 0.717) is 5.00 Å². The summed E-state index contributed by atoms with van der Waals surface area (Å²) in [6, 6.07) is 1.58. The van der Waals surface area contributed by atoms with E-state index in [-0.39, 0.29) is 11.3 Å². The van der Waals surface area contributed by atoms with E-state index < -0.39 is 11.9 Å². The first-order chi connectivity index (χ1) is 9.01. The molecular weight excluding hydrogens is 266 g/mol. The number of anilines is 1. The molecule has 2 rings (SSSR count). The van der Waals surface area contributed by atoms with Crippen LogP contribution in [0.25, 0.3) is 0 Å². The second-order valence-electron chi connectivity index (χ2n) is 3.99. The average Bonchev–Trinajstić information content (AvgIpc) is 2.95. The fourth-order valence-corrected chi connectivity index (χ4v) is 2.55. The van der Waals surface area contributed by atoms with Crippen molar-refractivity contribution in [2.45, 2.75) is 13.3 Å². The number of imidazole rings is 1. The zero-order valence-corrected chi connectivity index (χ0v) is 11.3. The molecule has 2 aromatic heterocycles. The largest absolute Gasteiger partial charge is 0.478 e. The molecule has 2 aromatic rings. The Labute approximate surface area is 113 Å². The van der Waals surface area contributed by atoms with Gasteiger partial charge in [0, 0.05) is 18.1 Å². The van der Waals surface area contributed by atoms with Gasteiger partial charge in [0.1, 0.15) is 10.7 Å². The van der Waals surface area contributed by atoms with Crippen LogP contribution in [0.3, 0.4) is 0 Å². The minimum atomic E-state index is -1.05. The Morgan fingerprint density at radius 3 is 2.79 bits per heavy atom. The monoisotopic (exact) mass is 279 g/mol. The maximum Gasteiger partial charge on any atom is 0.338 e. The van der Waals surface area contributed by atoms with Crippen molar-refractivity contribution in [2.24, 2.45) is 7.05 Å². The van der Waals surface area contributed by atoms with Crippen molar-refractivity contribution in [2.75, 3.05) is 5.32 Å². The standard InChI is InChI=1S/C12H13N3O3S/c1-3-7-4-8(12(17)18)11(19-7)14-10(16)9-5-15(2)6-13-9/h4-6H,3H2,1-2H3,(H,14,16)(H,17,18). The number of rotatable bonds is 4. The van der Waals surface area contributed by atoms with Crippen LogP contribution in [-0.4, -0.2) is 26.5 Å². The van der Waals surface area contributed by atoms with E-state index in [1.54, 1.807) is 23.9 Å². The predicted molar refractivity (Wildman–Crippen MR) is 71.8 cm³/mol. The summed E-state index contributed by atoms with van der Waals surface area (Å²) in [5.74, 6) is -1.46. The molecule has 2 N–H and O–H groups in total. The van der Waals surface area contributed by atoms with E-state index >= 15 is 0 Å². The SMILES string of the molecule is CCc1cc(C(=O)O)c(NC(=O)c2cn(C)cn2)s1. The summed E-state index contributed by atoms with van der Waals surface area (Å²) >= 11 is 1.27. The number of carboxylic acids is 1.